The molecule has 1 fully saturated rings. The van der Waals surface area contributed by atoms with Crippen molar-refractivity contribution >= 4 is 12.0 Å². The maximum Gasteiger partial charge on any atom is 0.410 e. The molecule has 2 aromatic carbocycles. The van der Waals surface area contributed by atoms with E-state index in [9.17, 15) is 9.59 Å². The Kier molecular flexibility index (Phi) is 11.2. The second kappa shape index (κ2) is 14.6. The number of ether oxygens (including phenoxy) is 4. The van der Waals surface area contributed by atoms with Crippen molar-refractivity contribution in [3.8, 4) is 11.5 Å². The van der Waals surface area contributed by atoms with Gasteiger partial charge in [-0.2, -0.15) is 0 Å². The van der Waals surface area contributed by atoms with Gasteiger partial charge in [0.2, 0.25) is 0 Å². The van der Waals surface area contributed by atoms with Crippen LogP contribution in [-0.4, -0.2) is 88.1 Å². The van der Waals surface area contributed by atoms with E-state index in [0.717, 1.165) is 12.0 Å². The van der Waals surface area contributed by atoms with Gasteiger partial charge in [0.25, 0.3) is 5.91 Å². The van der Waals surface area contributed by atoms with Gasteiger partial charge in [-0.25, -0.2) is 4.79 Å². The minimum absolute atomic E-state index is 0.0292. The zero-order chi connectivity index (χ0) is 27.5. The molecule has 1 N–H and O–H groups in total. The Morgan fingerprint density at radius 2 is 1.79 bits per heavy atom. The first-order valence-electron chi connectivity index (χ1n) is 13.1. The predicted molar refractivity (Wildman–Crippen MR) is 146 cm³/mol. The average Bonchev–Trinajstić information content (AvgIpc) is 3.36. The summed E-state index contributed by atoms with van der Waals surface area (Å²) in [5.74, 6) is 0.955. The van der Waals surface area contributed by atoms with Crippen LogP contribution in [0.4, 0.5) is 4.79 Å². The quantitative estimate of drug-likeness (QED) is 0.396. The van der Waals surface area contributed by atoms with Gasteiger partial charge < -0.3 is 34.1 Å². The summed E-state index contributed by atoms with van der Waals surface area (Å²) in [5, 5.41) is 3.32. The third-order valence-corrected chi connectivity index (χ3v) is 6.58. The zero-order valence-electron chi connectivity index (χ0n) is 23.1. The van der Waals surface area contributed by atoms with E-state index >= 15 is 0 Å². The number of methoxy groups -OCH3 is 2. The maximum atomic E-state index is 13.6. The lowest BCUT2D eigenvalue weighted by atomic mass is 10.0. The minimum Gasteiger partial charge on any atom is -0.493 e. The highest BCUT2D eigenvalue weighted by molar-refractivity contribution is 5.95. The predicted octanol–water partition coefficient (Wildman–Crippen LogP) is 3.82. The second-order valence-electron chi connectivity index (χ2n) is 9.79. The molecule has 1 aliphatic rings. The Balaban J connectivity index is 1.65. The highest BCUT2D eigenvalue weighted by Crippen LogP contribution is 2.29. The van der Waals surface area contributed by atoms with Crippen LogP contribution in [-0.2, 0) is 16.0 Å². The van der Waals surface area contributed by atoms with E-state index in [2.05, 4.69) is 5.32 Å². The van der Waals surface area contributed by atoms with E-state index in [1.165, 1.54) is 0 Å². The van der Waals surface area contributed by atoms with Crippen LogP contribution in [0.15, 0.2) is 48.5 Å². The fraction of sp³-hybridized carbons (Fsp3) is 0.517. The molecule has 1 heterocycles. The summed E-state index contributed by atoms with van der Waals surface area (Å²) in [6.07, 6.45) is 0.0244. The van der Waals surface area contributed by atoms with Gasteiger partial charge in [-0.05, 0) is 37.6 Å². The highest BCUT2D eigenvalue weighted by Gasteiger charge is 2.34. The summed E-state index contributed by atoms with van der Waals surface area (Å²) in [7, 11) is 4.95. The number of hydrogen-bond donors (Lipinski definition) is 1. The van der Waals surface area contributed by atoms with E-state index in [0.29, 0.717) is 56.5 Å². The van der Waals surface area contributed by atoms with Gasteiger partial charge in [0.15, 0.2) is 11.5 Å². The van der Waals surface area contributed by atoms with E-state index in [1.54, 1.807) is 44.4 Å². The van der Waals surface area contributed by atoms with E-state index < -0.39 is 0 Å². The number of hydrogen-bond acceptors (Lipinski definition) is 7. The lowest BCUT2D eigenvalue weighted by Crippen LogP contribution is -2.44. The van der Waals surface area contributed by atoms with Gasteiger partial charge in [0, 0.05) is 70.9 Å². The molecule has 3 rings (SSSR count). The van der Waals surface area contributed by atoms with Crippen molar-refractivity contribution in [1.82, 2.24) is 15.1 Å². The van der Waals surface area contributed by atoms with Crippen LogP contribution >= 0.6 is 0 Å². The smallest absolute Gasteiger partial charge is 0.410 e. The Morgan fingerprint density at radius 1 is 1.03 bits per heavy atom. The summed E-state index contributed by atoms with van der Waals surface area (Å²) in [4.78, 5) is 29.8. The summed E-state index contributed by atoms with van der Waals surface area (Å²) >= 11 is 0. The topological polar surface area (TPSA) is 89.6 Å². The largest absolute Gasteiger partial charge is 0.493 e. The third-order valence-electron chi connectivity index (χ3n) is 6.58. The first-order chi connectivity index (χ1) is 18.3. The molecule has 208 valence electrons. The number of rotatable bonds is 13. The van der Waals surface area contributed by atoms with Crippen LogP contribution in [0.25, 0.3) is 0 Å². The number of nitrogens with zero attached hydrogens (tertiary/aromatic N) is 2. The minimum atomic E-state index is -0.375. The van der Waals surface area contributed by atoms with Crippen molar-refractivity contribution in [2.75, 3.05) is 54.1 Å². The molecule has 1 saturated heterocycles. The van der Waals surface area contributed by atoms with Crippen molar-refractivity contribution in [3.63, 3.8) is 0 Å². The Morgan fingerprint density at radius 3 is 2.47 bits per heavy atom. The van der Waals surface area contributed by atoms with Gasteiger partial charge >= 0.3 is 6.09 Å². The molecule has 2 aromatic rings. The summed E-state index contributed by atoms with van der Waals surface area (Å²) < 4.78 is 22.2. The van der Waals surface area contributed by atoms with Gasteiger partial charge in [-0.3, -0.25) is 4.79 Å². The second-order valence-corrected chi connectivity index (χ2v) is 9.79. The average molecular weight is 528 g/mol. The van der Waals surface area contributed by atoms with E-state index in [1.807, 2.05) is 49.1 Å². The van der Waals surface area contributed by atoms with Gasteiger partial charge in [0.1, 0.15) is 6.10 Å². The van der Waals surface area contributed by atoms with E-state index in [-0.39, 0.29) is 30.1 Å². The van der Waals surface area contributed by atoms with Crippen molar-refractivity contribution in [3.05, 3.63) is 59.7 Å². The molecule has 9 heteroatoms. The van der Waals surface area contributed by atoms with Crippen molar-refractivity contribution < 1.29 is 28.5 Å². The Bertz CT molecular complexity index is 1030. The van der Waals surface area contributed by atoms with Crippen LogP contribution in [0.5, 0.6) is 11.5 Å². The maximum absolute atomic E-state index is 13.6. The first-order valence-corrected chi connectivity index (χ1v) is 13.1. The zero-order valence-corrected chi connectivity index (χ0v) is 23.1. The van der Waals surface area contributed by atoms with Crippen molar-refractivity contribution in [2.45, 2.75) is 39.0 Å². The summed E-state index contributed by atoms with van der Waals surface area (Å²) in [6, 6.07) is 15.0. The molecular formula is C29H41N3O6. The monoisotopic (exact) mass is 527 g/mol. The summed E-state index contributed by atoms with van der Waals surface area (Å²) in [5.41, 5.74) is 1.55. The fourth-order valence-corrected chi connectivity index (χ4v) is 4.43. The fourth-order valence-electron chi connectivity index (χ4n) is 4.43. The first kappa shape index (κ1) is 29.3. The molecule has 1 aliphatic heterocycles. The number of nitrogens with one attached hydrogen (secondary N) is 1. The normalized spacial score (nSPS) is 16.8. The highest BCUT2D eigenvalue weighted by atomic mass is 16.6. The molecule has 0 aromatic heterocycles. The van der Waals surface area contributed by atoms with Gasteiger partial charge in [0.05, 0.1) is 13.7 Å². The van der Waals surface area contributed by atoms with Gasteiger partial charge in [-0.15, -0.1) is 0 Å². The van der Waals surface area contributed by atoms with Crippen LogP contribution in [0.1, 0.15) is 36.2 Å². The molecule has 38 heavy (non-hydrogen) atoms. The van der Waals surface area contributed by atoms with Crippen molar-refractivity contribution in [2.24, 2.45) is 5.92 Å². The molecule has 0 saturated carbocycles. The number of benzene rings is 2. The standard InChI is InChI=1S/C29H41N3O6/c1-21(2)32(28(33)23-12-13-25(36-5)26(16-23)37-15-9-14-35-4)20-24-17-30-18-27(24)38-29(34)31(3)19-22-10-7-6-8-11-22/h6-8,10-13,16,21,24,27,30H,9,14-15,17-20H2,1-5H3/t24-,27-/m1/s1. The molecule has 2 atom stereocenters. The Labute approximate surface area is 226 Å². The molecule has 0 radical (unpaired) electrons. The molecule has 0 bridgehead atoms. The summed E-state index contributed by atoms with van der Waals surface area (Å²) in [6.45, 7) is 7.15. The molecule has 9 nitrogen and oxygen atoms in total. The van der Waals surface area contributed by atoms with Crippen LogP contribution in [0.3, 0.4) is 0 Å². The molecule has 0 spiro atoms. The molecule has 0 aliphatic carbocycles. The van der Waals surface area contributed by atoms with Crippen LogP contribution in [0.2, 0.25) is 0 Å². The molecule has 0 unspecified atom stereocenters. The Hall–Kier alpha value is -3.30. The number of carbonyl (C=O) groups is 2. The lowest BCUT2D eigenvalue weighted by Gasteiger charge is -2.32. The van der Waals surface area contributed by atoms with Gasteiger partial charge in [-0.1, -0.05) is 30.3 Å². The molecular weight excluding hydrogens is 486 g/mol. The van der Waals surface area contributed by atoms with E-state index in [4.69, 9.17) is 18.9 Å². The number of carbonyl (C=O) groups excluding carboxylic acids is 2. The lowest BCUT2D eigenvalue weighted by molar-refractivity contribution is 0.0402. The molecule has 2 amide bonds. The number of amides is 2. The SMILES string of the molecule is COCCCOc1cc(C(=O)N(C[C@H]2CNC[C@H]2OC(=O)N(C)Cc2ccccc2)C(C)C)ccc1OC. The van der Waals surface area contributed by atoms with Crippen molar-refractivity contribution in [1.29, 1.82) is 0 Å². The van der Waals surface area contributed by atoms with Crippen LogP contribution in [0, 0.1) is 5.92 Å². The third kappa shape index (κ3) is 8.10. The van der Waals surface area contributed by atoms with Crippen LogP contribution < -0.4 is 14.8 Å².